The summed E-state index contributed by atoms with van der Waals surface area (Å²) >= 11 is 1.60. The van der Waals surface area contributed by atoms with Crippen molar-refractivity contribution in [1.82, 2.24) is 9.88 Å². The molecule has 0 aliphatic rings. The van der Waals surface area contributed by atoms with Gasteiger partial charge in [-0.3, -0.25) is 9.88 Å². The fourth-order valence-corrected chi connectivity index (χ4v) is 3.37. The minimum atomic E-state index is -0.473. The molecule has 0 saturated carbocycles. The number of aliphatic hydroxyl groups excluding tert-OH is 1. The second-order valence-corrected chi connectivity index (χ2v) is 6.99. The number of hydrogen-bond donors (Lipinski definition) is 1. The van der Waals surface area contributed by atoms with Gasteiger partial charge in [-0.2, -0.15) is 0 Å². The van der Waals surface area contributed by atoms with Crippen LogP contribution in [0.1, 0.15) is 27.8 Å². The third-order valence-electron chi connectivity index (χ3n) is 3.91. The number of thiophene rings is 1. The molecule has 0 saturated heterocycles. The Balaban J connectivity index is 1.73. The predicted molar refractivity (Wildman–Crippen MR) is 98.8 cm³/mol. The SMILES string of the molecule is Cc1ccc(CN(Cc2ccccc2)CC(O)c2cccs2)nc1. The number of aryl methyl sites for hydroxylation is 1. The van der Waals surface area contributed by atoms with E-state index >= 15 is 0 Å². The molecule has 2 aromatic heterocycles. The molecule has 1 unspecified atom stereocenters. The molecule has 3 aromatic rings. The van der Waals surface area contributed by atoms with E-state index in [2.05, 4.69) is 34.1 Å². The Labute approximate surface area is 147 Å². The fraction of sp³-hybridized carbons (Fsp3) is 0.250. The Kier molecular flexibility index (Phi) is 5.75. The van der Waals surface area contributed by atoms with Crippen molar-refractivity contribution in [2.24, 2.45) is 0 Å². The number of rotatable bonds is 7. The third kappa shape index (κ3) is 4.74. The molecule has 124 valence electrons. The summed E-state index contributed by atoms with van der Waals surface area (Å²) in [4.78, 5) is 7.76. The van der Waals surface area contributed by atoms with Crippen LogP contribution < -0.4 is 0 Å². The summed E-state index contributed by atoms with van der Waals surface area (Å²) in [6.45, 7) is 4.14. The van der Waals surface area contributed by atoms with Crippen LogP contribution in [0.2, 0.25) is 0 Å². The first-order valence-electron chi connectivity index (χ1n) is 8.10. The van der Waals surface area contributed by atoms with Crippen molar-refractivity contribution in [1.29, 1.82) is 0 Å². The largest absolute Gasteiger partial charge is 0.386 e. The zero-order chi connectivity index (χ0) is 16.8. The molecule has 0 amide bonds. The lowest BCUT2D eigenvalue weighted by Gasteiger charge is -2.24. The summed E-state index contributed by atoms with van der Waals surface area (Å²) in [5.41, 5.74) is 3.42. The van der Waals surface area contributed by atoms with Crippen LogP contribution in [0.4, 0.5) is 0 Å². The number of hydrogen-bond acceptors (Lipinski definition) is 4. The Bertz CT molecular complexity index is 726. The summed E-state index contributed by atoms with van der Waals surface area (Å²) in [7, 11) is 0. The van der Waals surface area contributed by atoms with E-state index in [9.17, 15) is 5.11 Å². The van der Waals surface area contributed by atoms with E-state index in [-0.39, 0.29) is 0 Å². The lowest BCUT2D eigenvalue weighted by molar-refractivity contribution is 0.107. The molecule has 1 atom stereocenters. The zero-order valence-corrected chi connectivity index (χ0v) is 14.6. The number of pyridine rings is 1. The zero-order valence-electron chi connectivity index (χ0n) is 13.8. The van der Waals surface area contributed by atoms with Crippen LogP contribution in [-0.2, 0) is 13.1 Å². The Morgan fingerprint density at radius 1 is 1.04 bits per heavy atom. The normalized spacial score (nSPS) is 12.5. The van der Waals surface area contributed by atoms with Gasteiger partial charge in [0.15, 0.2) is 0 Å². The van der Waals surface area contributed by atoms with Crippen LogP contribution in [0.3, 0.4) is 0 Å². The van der Waals surface area contributed by atoms with E-state index in [1.165, 1.54) is 5.56 Å². The minimum Gasteiger partial charge on any atom is -0.386 e. The van der Waals surface area contributed by atoms with Crippen molar-refractivity contribution in [2.45, 2.75) is 26.1 Å². The molecule has 4 heteroatoms. The molecule has 0 aliphatic heterocycles. The van der Waals surface area contributed by atoms with Gasteiger partial charge in [-0.25, -0.2) is 0 Å². The van der Waals surface area contributed by atoms with Crippen molar-refractivity contribution in [2.75, 3.05) is 6.54 Å². The average Bonchev–Trinajstić information content (AvgIpc) is 3.12. The van der Waals surface area contributed by atoms with Gasteiger partial charge in [-0.15, -0.1) is 11.3 Å². The van der Waals surface area contributed by atoms with Gasteiger partial charge in [-0.1, -0.05) is 42.5 Å². The van der Waals surface area contributed by atoms with Gasteiger partial charge in [0.2, 0.25) is 0 Å². The summed E-state index contributed by atoms with van der Waals surface area (Å²) in [6.07, 6.45) is 1.42. The molecular formula is C20H22N2OS. The maximum atomic E-state index is 10.5. The molecule has 24 heavy (non-hydrogen) atoms. The molecule has 0 fully saturated rings. The van der Waals surface area contributed by atoms with Gasteiger partial charge in [-0.05, 0) is 35.6 Å². The molecule has 1 N–H and O–H groups in total. The summed E-state index contributed by atoms with van der Waals surface area (Å²) < 4.78 is 0. The molecule has 3 nitrogen and oxygen atoms in total. The van der Waals surface area contributed by atoms with E-state index < -0.39 is 6.10 Å². The summed E-state index contributed by atoms with van der Waals surface area (Å²) in [6, 6.07) is 18.5. The van der Waals surface area contributed by atoms with E-state index in [1.807, 2.05) is 48.8 Å². The molecule has 0 spiro atoms. The van der Waals surface area contributed by atoms with E-state index in [0.717, 1.165) is 29.2 Å². The molecule has 0 aliphatic carbocycles. The van der Waals surface area contributed by atoms with Crippen molar-refractivity contribution in [3.63, 3.8) is 0 Å². The first-order chi connectivity index (χ1) is 11.7. The van der Waals surface area contributed by atoms with Crippen molar-refractivity contribution < 1.29 is 5.11 Å². The maximum absolute atomic E-state index is 10.5. The van der Waals surface area contributed by atoms with Gasteiger partial charge in [0, 0.05) is 30.7 Å². The Morgan fingerprint density at radius 2 is 1.88 bits per heavy atom. The van der Waals surface area contributed by atoms with Crippen molar-refractivity contribution in [3.8, 4) is 0 Å². The minimum absolute atomic E-state index is 0.473. The predicted octanol–water partition coefficient (Wildman–Crippen LogP) is 4.19. The number of aliphatic hydroxyl groups is 1. The first kappa shape index (κ1) is 16.8. The van der Waals surface area contributed by atoms with E-state index in [4.69, 9.17) is 0 Å². The highest BCUT2D eigenvalue weighted by Crippen LogP contribution is 2.21. The number of benzene rings is 1. The molecule has 3 rings (SSSR count). The first-order valence-corrected chi connectivity index (χ1v) is 8.98. The average molecular weight is 338 g/mol. The standard InChI is InChI=1S/C20H22N2OS/c1-16-9-10-18(21-12-16)14-22(13-17-6-3-2-4-7-17)15-19(23)20-8-5-11-24-20/h2-12,19,23H,13-15H2,1H3. The lowest BCUT2D eigenvalue weighted by Crippen LogP contribution is -2.28. The van der Waals surface area contributed by atoms with Crippen molar-refractivity contribution in [3.05, 3.63) is 87.9 Å². The summed E-state index contributed by atoms with van der Waals surface area (Å²) in [5.74, 6) is 0. The van der Waals surface area contributed by atoms with E-state index in [1.54, 1.807) is 11.3 Å². The van der Waals surface area contributed by atoms with Gasteiger partial charge in [0.05, 0.1) is 5.69 Å². The quantitative estimate of drug-likeness (QED) is 0.702. The molecule has 0 radical (unpaired) electrons. The molecule has 2 heterocycles. The monoisotopic (exact) mass is 338 g/mol. The number of aromatic nitrogens is 1. The highest BCUT2D eigenvalue weighted by atomic mass is 32.1. The Hall–Kier alpha value is -2.01. The number of nitrogens with zero attached hydrogens (tertiary/aromatic N) is 2. The second-order valence-electron chi connectivity index (χ2n) is 6.01. The summed E-state index contributed by atoms with van der Waals surface area (Å²) in [5, 5.41) is 12.5. The van der Waals surface area contributed by atoms with Crippen LogP contribution in [0, 0.1) is 6.92 Å². The van der Waals surface area contributed by atoms with Gasteiger partial charge >= 0.3 is 0 Å². The smallest absolute Gasteiger partial charge is 0.101 e. The van der Waals surface area contributed by atoms with Gasteiger partial charge in [0.25, 0.3) is 0 Å². The third-order valence-corrected chi connectivity index (χ3v) is 4.88. The second kappa shape index (κ2) is 8.20. The highest BCUT2D eigenvalue weighted by Gasteiger charge is 2.16. The fourth-order valence-electron chi connectivity index (χ4n) is 2.66. The van der Waals surface area contributed by atoms with Crippen molar-refractivity contribution >= 4 is 11.3 Å². The Morgan fingerprint density at radius 3 is 2.54 bits per heavy atom. The highest BCUT2D eigenvalue weighted by molar-refractivity contribution is 7.10. The lowest BCUT2D eigenvalue weighted by atomic mass is 10.2. The van der Waals surface area contributed by atoms with Gasteiger partial charge < -0.3 is 5.11 Å². The van der Waals surface area contributed by atoms with E-state index in [0.29, 0.717) is 6.54 Å². The maximum Gasteiger partial charge on any atom is 0.101 e. The van der Waals surface area contributed by atoms with Crippen LogP contribution in [-0.4, -0.2) is 21.5 Å². The van der Waals surface area contributed by atoms with Crippen LogP contribution in [0.5, 0.6) is 0 Å². The molecular weight excluding hydrogens is 316 g/mol. The van der Waals surface area contributed by atoms with Crippen LogP contribution in [0.15, 0.2) is 66.2 Å². The van der Waals surface area contributed by atoms with Gasteiger partial charge in [0.1, 0.15) is 6.10 Å². The van der Waals surface area contributed by atoms with Crippen LogP contribution in [0.25, 0.3) is 0 Å². The molecule has 1 aromatic carbocycles. The van der Waals surface area contributed by atoms with Crippen LogP contribution >= 0.6 is 11.3 Å². The molecule has 0 bridgehead atoms. The topological polar surface area (TPSA) is 36.4 Å².